The van der Waals surface area contributed by atoms with Crippen LogP contribution in [0.25, 0.3) is 0 Å². The summed E-state index contributed by atoms with van der Waals surface area (Å²) in [6.07, 6.45) is 0. The number of esters is 1. The lowest BCUT2D eigenvalue weighted by molar-refractivity contribution is 0.0474. The Morgan fingerprint density at radius 2 is 1.55 bits per heavy atom. The lowest BCUT2D eigenvalue weighted by atomic mass is 10.1. The van der Waals surface area contributed by atoms with Crippen LogP contribution < -0.4 is 4.74 Å². The van der Waals surface area contributed by atoms with E-state index in [1.54, 1.807) is 48.5 Å². The molecule has 0 atom stereocenters. The Kier molecular flexibility index (Phi) is 5.72. The van der Waals surface area contributed by atoms with Gasteiger partial charge in [0, 0.05) is 10.0 Å². The molecule has 0 unspecified atom stereocenters. The van der Waals surface area contributed by atoms with Crippen molar-refractivity contribution in [3.63, 3.8) is 0 Å². The highest BCUT2D eigenvalue weighted by Crippen LogP contribution is 2.14. The average Bonchev–Trinajstić information content (AvgIpc) is 2.54. The number of rotatable bonds is 6. The van der Waals surface area contributed by atoms with E-state index in [0.29, 0.717) is 23.5 Å². The van der Waals surface area contributed by atoms with E-state index in [1.807, 2.05) is 6.92 Å². The highest BCUT2D eigenvalue weighted by Gasteiger charge is 2.12. The zero-order valence-electron chi connectivity index (χ0n) is 12.0. The molecule has 114 valence electrons. The largest absolute Gasteiger partial charge is 0.494 e. The molecular formula is C17H15BrO4. The zero-order chi connectivity index (χ0) is 15.9. The number of benzene rings is 2. The number of carbonyl (C=O) groups is 2. The number of hydrogen-bond acceptors (Lipinski definition) is 4. The van der Waals surface area contributed by atoms with Crippen molar-refractivity contribution >= 4 is 27.7 Å². The molecule has 0 spiro atoms. The van der Waals surface area contributed by atoms with Crippen LogP contribution in [0, 0.1) is 0 Å². The van der Waals surface area contributed by atoms with Gasteiger partial charge in [-0.05, 0) is 43.3 Å². The average molecular weight is 363 g/mol. The normalized spacial score (nSPS) is 10.1. The van der Waals surface area contributed by atoms with Crippen molar-refractivity contribution in [3.05, 3.63) is 64.1 Å². The fraction of sp³-hybridized carbons (Fsp3) is 0.176. The third-order valence-electron chi connectivity index (χ3n) is 2.90. The van der Waals surface area contributed by atoms with Crippen LogP contribution in [0.15, 0.2) is 53.0 Å². The Morgan fingerprint density at radius 3 is 2.14 bits per heavy atom. The molecule has 0 radical (unpaired) electrons. The quantitative estimate of drug-likeness (QED) is 0.577. The summed E-state index contributed by atoms with van der Waals surface area (Å²) in [5, 5.41) is 0. The Balaban J connectivity index is 1.91. The second-order valence-electron chi connectivity index (χ2n) is 4.46. The van der Waals surface area contributed by atoms with Gasteiger partial charge in [0.2, 0.25) is 0 Å². The van der Waals surface area contributed by atoms with E-state index in [1.165, 1.54) is 0 Å². The van der Waals surface area contributed by atoms with Gasteiger partial charge in [-0.3, -0.25) is 4.79 Å². The van der Waals surface area contributed by atoms with E-state index in [9.17, 15) is 9.59 Å². The van der Waals surface area contributed by atoms with Crippen molar-refractivity contribution in [2.24, 2.45) is 0 Å². The third-order valence-corrected chi connectivity index (χ3v) is 3.43. The van der Waals surface area contributed by atoms with E-state index >= 15 is 0 Å². The molecule has 2 aromatic rings. The summed E-state index contributed by atoms with van der Waals surface area (Å²) in [5.41, 5.74) is 0.884. The Bertz CT molecular complexity index is 647. The molecule has 22 heavy (non-hydrogen) atoms. The van der Waals surface area contributed by atoms with Crippen LogP contribution in [0.1, 0.15) is 27.6 Å². The van der Waals surface area contributed by atoms with Gasteiger partial charge < -0.3 is 9.47 Å². The highest BCUT2D eigenvalue weighted by molar-refractivity contribution is 9.10. The van der Waals surface area contributed by atoms with Gasteiger partial charge in [-0.2, -0.15) is 0 Å². The van der Waals surface area contributed by atoms with E-state index in [4.69, 9.17) is 9.47 Å². The van der Waals surface area contributed by atoms with E-state index in [0.717, 1.165) is 4.47 Å². The predicted molar refractivity (Wildman–Crippen MR) is 86.4 cm³/mol. The lowest BCUT2D eigenvalue weighted by Crippen LogP contribution is -2.14. The molecule has 4 nitrogen and oxygen atoms in total. The Hall–Kier alpha value is -2.14. The van der Waals surface area contributed by atoms with Gasteiger partial charge in [0.1, 0.15) is 5.75 Å². The van der Waals surface area contributed by atoms with Gasteiger partial charge in [-0.25, -0.2) is 4.79 Å². The van der Waals surface area contributed by atoms with Crippen molar-refractivity contribution in [1.29, 1.82) is 0 Å². The zero-order valence-corrected chi connectivity index (χ0v) is 13.6. The van der Waals surface area contributed by atoms with Crippen LogP contribution in [-0.2, 0) is 4.74 Å². The lowest BCUT2D eigenvalue weighted by Gasteiger charge is -2.06. The molecule has 0 amide bonds. The molecule has 0 aliphatic heterocycles. The van der Waals surface area contributed by atoms with Crippen molar-refractivity contribution in [2.75, 3.05) is 13.2 Å². The molecule has 0 aromatic heterocycles. The summed E-state index contributed by atoms with van der Waals surface area (Å²) in [7, 11) is 0. The first-order valence-corrected chi connectivity index (χ1v) is 7.58. The van der Waals surface area contributed by atoms with Crippen LogP contribution >= 0.6 is 15.9 Å². The first-order chi connectivity index (χ1) is 10.6. The SMILES string of the molecule is CCOc1ccc(C(=O)OCC(=O)c2ccc(Br)cc2)cc1. The van der Waals surface area contributed by atoms with Gasteiger partial charge in [0.25, 0.3) is 0 Å². The minimum Gasteiger partial charge on any atom is -0.494 e. The summed E-state index contributed by atoms with van der Waals surface area (Å²) in [5.74, 6) is -0.0923. The topological polar surface area (TPSA) is 52.6 Å². The van der Waals surface area contributed by atoms with Crippen molar-refractivity contribution in [2.45, 2.75) is 6.92 Å². The van der Waals surface area contributed by atoms with Gasteiger partial charge in [0.05, 0.1) is 12.2 Å². The first kappa shape index (κ1) is 16.2. The predicted octanol–water partition coefficient (Wildman–Crippen LogP) is 3.89. The van der Waals surface area contributed by atoms with E-state index < -0.39 is 5.97 Å². The number of Topliss-reactive ketones (excluding diaryl/α,β-unsaturated/α-hetero) is 1. The second kappa shape index (κ2) is 7.75. The number of ether oxygens (including phenoxy) is 2. The number of hydrogen-bond donors (Lipinski definition) is 0. The Morgan fingerprint density at radius 1 is 0.955 bits per heavy atom. The molecule has 0 aliphatic rings. The maximum atomic E-state index is 11.9. The van der Waals surface area contributed by atoms with E-state index in [-0.39, 0.29) is 12.4 Å². The van der Waals surface area contributed by atoms with Crippen molar-refractivity contribution in [3.8, 4) is 5.75 Å². The van der Waals surface area contributed by atoms with Gasteiger partial charge in [-0.1, -0.05) is 28.1 Å². The fourth-order valence-electron chi connectivity index (χ4n) is 1.79. The van der Waals surface area contributed by atoms with Crippen LogP contribution in [0.5, 0.6) is 5.75 Å². The third kappa shape index (κ3) is 4.43. The Labute approximate surface area is 137 Å². The summed E-state index contributed by atoms with van der Waals surface area (Å²) in [6.45, 7) is 2.16. The molecule has 5 heteroatoms. The van der Waals surface area contributed by atoms with Gasteiger partial charge in [-0.15, -0.1) is 0 Å². The maximum Gasteiger partial charge on any atom is 0.338 e. The summed E-state index contributed by atoms with van der Waals surface area (Å²) in [4.78, 5) is 23.8. The summed E-state index contributed by atoms with van der Waals surface area (Å²) in [6, 6.07) is 13.5. The molecule has 0 aliphatic carbocycles. The molecule has 0 N–H and O–H groups in total. The number of carbonyl (C=O) groups excluding carboxylic acids is 2. The molecule has 0 saturated heterocycles. The van der Waals surface area contributed by atoms with Gasteiger partial charge in [0.15, 0.2) is 12.4 Å². The minimum atomic E-state index is -0.534. The molecular weight excluding hydrogens is 348 g/mol. The van der Waals surface area contributed by atoms with Crippen LogP contribution in [0.4, 0.5) is 0 Å². The molecule has 0 saturated carbocycles. The molecule has 2 rings (SSSR count). The maximum absolute atomic E-state index is 11.9. The highest BCUT2D eigenvalue weighted by atomic mass is 79.9. The minimum absolute atomic E-state index is 0.244. The van der Waals surface area contributed by atoms with Gasteiger partial charge >= 0.3 is 5.97 Å². The van der Waals surface area contributed by atoms with Crippen molar-refractivity contribution in [1.82, 2.24) is 0 Å². The first-order valence-electron chi connectivity index (χ1n) is 6.79. The van der Waals surface area contributed by atoms with Crippen molar-refractivity contribution < 1.29 is 19.1 Å². The van der Waals surface area contributed by atoms with Crippen LogP contribution in [0.3, 0.4) is 0 Å². The second-order valence-corrected chi connectivity index (χ2v) is 5.38. The summed E-state index contributed by atoms with van der Waals surface area (Å²) < 4.78 is 11.2. The monoisotopic (exact) mass is 362 g/mol. The molecule has 0 heterocycles. The molecule has 2 aromatic carbocycles. The fourth-order valence-corrected chi connectivity index (χ4v) is 2.05. The number of ketones is 1. The summed E-state index contributed by atoms with van der Waals surface area (Å²) >= 11 is 3.30. The van der Waals surface area contributed by atoms with Crippen LogP contribution in [-0.4, -0.2) is 25.0 Å². The molecule has 0 bridgehead atoms. The molecule has 0 fully saturated rings. The smallest absolute Gasteiger partial charge is 0.338 e. The van der Waals surface area contributed by atoms with Crippen LogP contribution in [0.2, 0.25) is 0 Å². The van der Waals surface area contributed by atoms with E-state index in [2.05, 4.69) is 15.9 Å². The number of halogens is 1. The standard InChI is InChI=1S/C17H15BrO4/c1-2-21-15-9-5-13(6-10-15)17(20)22-11-16(19)12-3-7-14(18)8-4-12/h3-10H,2,11H2,1H3.